The van der Waals surface area contributed by atoms with Crippen molar-refractivity contribution >= 4 is 17.5 Å². The molecule has 1 N–H and O–H groups in total. The van der Waals surface area contributed by atoms with Crippen LogP contribution in [0.5, 0.6) is 5.75 Å². The molecule has 0 spiro atoms. The lowest BCUT2D eigenvalue weighted by atomic mass is 10.0. The number of benzene rings is 2. The molecule has 1 aliphatic heterocycles. The Labute approximate surface area is 185 Å². The summed E-state index contributed by atoms with van der Waals surface area (Å²) in [6.07, 6.45) is 0. The van der Waals surface area contributed by atoms with E-state index in [0.717, 1.165) is 13.1 Å². The van der Waals surface area contributed by atoms with E-state index in [1.54, 1.807) is 12.1 Å². The maximum Gasteiger partial charge on any atom is 0.258 e. The number of carbonyl (C=O) groups is 2. The van der Waals surface area contributed by atoms with Crippen LogP contribution in [-0.2, 0) is 9.59 Å². The van der Waals surface area contributed by atoms with Gasteiger partial charge in [0.05, 0.1) is 0 Å². The summed E-state index contributed by atoms with van der Waals surface area (Å²) in [5.74, 6) is 0.312. The van der Waals surface area contributed by atoms with Gasteiger partial charge in [0.25, 0.3) is 5.91 Å². The van der Waals surface area contributed by atoms with Gasteiger partial charge in [-0.2, -0.15) is 0 Å². The highest BCUT2D eigenvalue weighted by atomic mass is 16.5. The highest BCUT2D eigenvalue weighted by Crippen LogP contribution is 2.24. The van der Waals surface area contributed by atoms with Crippen molar-refractivity contribution in [3.05, 3.63) is 59.7 Å². The van der Waals surface area contributed by atoms with Crippen molar-refractivity contribution in [3.63, 3.8) is 0 Å². The Balaban J connectivity index is 1.55. The topological polar surface area (TPSA) is 61.9 Å². The minimum absolute atomic E-state index is 0.00905. The summed E-state index contributed by atoms with van der Waals surface area (Å²) in [5.41, 5.74) is 3.79. The Hall–Kier alpha value is -3.02. The third-order valence-electron chi connectivity index (χ3n) is 5.87. The largest absolute Gasteiger partial charge is 0.484 e. The van der Waals surface area contributed by atoms with Gasteiger partial charge in [-0.15, -0.1) is 0 Å². The number of nitrogens with zero attached hydrogens (tertiary/aromatic N) is 2. The second-order valence-electron chi connectivity index (χ2n) is 8.42. The van der Waals surface area contributed by atoms with Crippen LogP contribution in [0.2, 0.25) is 0 Å². The molecule has 1 aliphatic rings. The number of hydrogen-bond donors (Lipinski definition) is 1. The van der Waals surface area contributed by atoms with Crippen molar-refractivity contribution in [2.24, 2.45) is 5.92 Å². The number of hydrogen-bond acceptors (Lipinski definition) is 4. The molecule has 3 rings (SSSR count). The van der Waals surface area contributed by atoms with Crippen molar-refractivity contribution in [1.29, 1.82) is 0 Å². The number of para-hydroxylation sites is 1. The molecule has 1 fully saturated rings. The second kappa shape index (κ2) is 10.3. The van der Waals surface area contributed by atoms with Crippen LogP contribution in [-0.4, -0.2) is 55.5 Å². The summed E-state index contributed by atoms with van der Waals surface area (Å²) in [6.45, 7) is 10.9. The fourth-order valence-corrected chi connectivity index (χ4v) is 3.84. The van der Waals surface area contributed by atoms with E-state index < -0.39 is 6.04 Å². The molecule has 1 atom stereocenters. The van der Waals surface area contributed by atoms with Gasteiger partial charge in [0.1, 0.15) is 11.8 Å². The zero-order valence-electron chi connectivity index (χ0n) is 18.9. The summed E-state index contributed by atoms with van der Waals surface area (Å²) in [7, 11) is 0. The van der Waals surface area contributed by atoms with Crippen LogP contribution in [0.1, 0.15) is 25.0 Å². The first-order valence-electron chi connectivity index (χ1n) is 10.9. The molecule has 2 aromatic rings. The van der Waals surface area contributed by atoms with Crippen molar-refractivity contribution < 1.29 is 14.3 Å². The number of nitrogens with one attached hydrogen (secondary N) is 1. The van der Waals surface area contributed by atoms with E-state index >= 15 is 0 Å². The number of amides is 2. The molecule has 0 aliphatic carbocycles. The van der Waals surface area contributed by atoms with Gasteiger partial charge >= 0.3 is 0 Å². The standard InChI is InChI=1S/C25H33N3O3/c1-18(2)24(26-23(29)17-31-21-10-6-5-7-11-21)25(30)28-15-13-27(14-16-28)22-12-8-9-19(3)20(22)4/h5-12,18,24H,13-17H2,1-4H3,(H,26,29). The zero-order valence-corrected chi connectivity index (χ0v) is 18.9. The molecule has 31 heavy (non-hydrogen) atoms. The second-order valence-corrected chi connectivity index (χ2v) is 8.42. The normalized spacial score (nSPS) is 15.0. The smallest absolute Gasteiger partial charge is 0.258 e. The van der Waals surface area contributed by atoms with Gasteiger partial charge in [-0.05, 0) is 49.1 Å². The molecule has 2 amide bonds. The number of ether oxygens (including phenoxy) is 1. The maximum atomic E-state index is 13.2. The van der Waals surface area contributed by atoms with Crippen molar-refractivity contribution in [2.75, 3.05) is 37.7 Å². The van der Waals surface area contributed by atoms with E-state index in [0.29, 0.717) is 18.8 Å². The Morgan fingerprint density at radius 2 is 1.65 bits per heavy atom. The summed E-state index contributed by atoms with van der Waals surface area (Å²) >= 11 is 0. The SMILES string of the molecule is Cc1cccc(N2CCN(C(=O)C(NC(=O)COc3ccccc3)C(C)C)CC2)c1C. The van der Waals surface area contributed by atoms with Crippen LogP contribution >= 0.6 is 0 Å². The van der Waals surface area contributed by atoms with Gasteiger partial charge in [-0.25, -0.2) is 0 Å². The summed E-state index contributed by atoms with van der Waals surface area (Å²) in [6, 6.07) is 15.0. The monoisotopic (exact) mass is 423 g/mol. The van der Waals surface area contributed by atoms with E-state index in [9.17, 15) is 9.59 Å². The summed E-state index contributed by atoms with van der Waals surface area (Å²) < 4.78 is 5.51. The number of piperazine rings is 1. The molecule has 2 aromatic carbocycles. The summed E-state index contributed by atoms with van der Waals surface area (Å²) in [5, 5.41) is 2.87. The highest BCUT2D eigenvalue weighted by molar-refractivity contribution is 5.88. The lowest BCUT2D eigenvalue weighted by Crippen LogP contribution is -2.57. The molecule has 6 heteroatoms. The van der Waals surface area contributed by atoms with Gasteiger partial charge in [0, 0.05) is 31.9 Å². The lowest BCUT2D eigenvalue weighted by Gasteiger charge is -2.39. The van der Waals surface area contributed by atoms with Gasteiger partial charge in [0.15, 0.2) is 6.61 Å². The van der Waals surface area contributed by atoms with Crippen molar-refractivity contribution in [3.8, 4) is 5.75 Å². The molecule has 0 radical (unpaired) electrons. The minimum atomic E-state index is -0.556. The maximum absolute atomic E-state index is 13.2. The van der Waals surface area contributed by atoms with Crippen LogP contribution < -0.4 is 15.0 Å². The molecular weight excluding hydrogens is 390 g/mol. The number of aryl methyl sites for hydroxylation is 1. The summed E-state index contributed by atoms with van der Waals surface area (Å²) in [4.78, 5) is 29.8. The Bertz CT molecular complexity index is 890. The molecule has 1 heterocycles. The highest BCUT2D eigenvalue weighted by Gasteiger charge is 2.31. The molecule has 0 aromatic heterocycles. The number of rotatable bonds is 7. The fraction of sp³-hybridized carbons (Fsp3) is 0.440. The average molecular weight is 424 g/mol. The van der Waals surface area contributed by atoms with Crippen LogP contribution in [0.25, 0.3) is 0 Å². The zero-order chi connectivity index (χ0) is 22.4. The third-order valence-corrected chi connectivity index (χ3v) is 5.87. The van der Waals surface area contributed by atoms with E-state index in [1.807, 2.05) is 36.9 Å². The first-order valence-corrected chi connectivity index (χ1v) is 10.9. The van der Waals surface area contributed by atoms with E-state index in [1.165, 1.54) is 16.8 Å². The molecular formula is C25H33N3O3. The number of carbonyl (C=O) groups excluding carboxylic acids is 2. The Morgan fingerprint density at radius 3 is 2.29 bits per heavy atom. The van der Waals surface area contributed by atoms with Crippen LogP contribution in [0.15, 0.2) is 48.5 Å². The van der Waals surface area contributed by atoms with Crippen molar-refractivity contribution in [1.82, 2.24) is 10.2 Å². The molecule has 0 bridgehead atoms. The lowest BCUT2D eigenvalue weighted by molar-refractivity contribution is -0.138. The quantitative estimate of drug-likeness (QED) is 0.743. The molecule has 0 saturated carbocycles. The first-order chi connectivity index (χ1) is 14.9. The van der Waals surface area contributed by atoms with E-state index in [2.05, 4.69) is 42.3 Å². The Kier molecular flexibility index (Phi) is 7.55. The third kappa shape index (κ3) is 5.78. The van der Waals surface area contributed by atoms with E-state index in [4.69, 9.17) is 4.74 Å². The van der Waals surface area contributed by atoms with Gasteiger partial charge in [-0.1, -0.05) is 44.2 Å². The Morgan fingerprint density at radius 1 is 0.968 bits per heavy atom. The van der Waals surface area contributed by atoms with Crippen molar-refractivity contribution in [2.45, 2.75) is 33.7 Å². The van der Waals surface area contributed by atoms with Crippen LogP contribution in [0.4, 0.5) is 5.69 Å². The predicted molar refractivity (Wildman–Crippen MR) is 123 cm³/mol. The van der Waals surface area contributed by atoms with Crippen LogP contribution in [0.3, 0.4) is 0 Å². The first kappa shape index (κ1) is 22.7. The molecule has 1 unspecified atom stereocenters. The fourth-order valence-electron chi connectivity index (χ4n) is 3.84. The number of anilines is 1. The van der Waals surface area contributed by atoms with Gasteiger partial charge in [0.2, 0.25) is 5.91 Å². The van der Waals surface area contributed by atoms with Gasteiger partial charge in [-0.3, -0.25) is 9.59 Å². The average Bonchev–Trinajstić information content (AvgIpc) is 2.78. The molecule has 6 nitrogen and oxygen atoms in total. The minimum Gasteiger partial charge on any atom is -0.484 e. The van der Waals surface area contributed by atoms with E-state index in [-0.39, 0.29) is 24.3 Å². The van der Waals surface area contributed by atoms with Crippen LogP contribution in [0, 0.1) is 19.8 Å². The molecule has 1 saturated heterocycles. The van der Waals surface area contributed by atoms with Gasteiger partial charge < -0.3 is 19.9 Å². The predicted octanol–water partition coefficient (Wildman–Crippen LogP) is 3.17. The molecule has 166 valence electrons.